The molecule has 0 amide bonds. The number of hydrogen-bond donors (Lipinski definition) is 1. The average Bonchev–Trinajstić information content (AvgIpc) is 2.80. The molecule has 1 heterocycles. The molecule has 0 aliphatic heterocycles. The van der Waals surface area contributed by atoms with Gasteiger partial charge in [-0.05, 0) is 54.4 Å². The van der Waals surface area contributed by atoms with Gasteiger partial charge in [-0.2, -0.15) is 5.10 Å². The molecule has 0 fully saturated rings. The normalized spacial score (nSPS) is 11.0. The predicted molar refractivity (Wildman–Crippen MR) is 94.7 cm³/mol. The molecule has 0 radical (unpaired) electrons. The first-order valence-corrected chi connectivity index (χ1v) is 8.39. The Morgan fingerprint density at radius 1 is 1.41 bits per heavy atom. The lowest BCUT2D eigenvalue weighted by molar-refractivity contribution is 0.309. The van der Waals surface area contributed by atoms with Gasteiger partial charge in [0.05, 0.1) is 30.1 Å². The van der Waals surface area contributed by atoms with Crippen LogP contribution in [0.2, 0.25) is 0 Å². The van der Waals surface area contributed by atoms with E-state index in [-0.39, 0.29) is 0 Å². The first kappa shape index (κ1) is 16.8. The molecule has 0 atom stereocenters. The van der Waals surface area contributed by atoms with Crippen LogP contribution in [0.15, 0.2) is 21.7 Å². The van der Waals surface area contributed by atoms with Crippen LogP contribution >= 0.6 is 27.3 Å². The Morgan fingerprint density at radius 3 is 2.77 bits per heavy atom. The van der Waals surface area contributed by atoms with Crippen molar-refractivity contribution in [2.45, 2.75) is 20.8 Å². The molecular weight excluding hydrogens is 366 g/mol. The third-order valence-corrected chi connectivity index (χ3v) is 4.51. The van der Waals surface area contributed by atoms with Crippen LogP contribution in [0, 0.1) is 13.8 Å². The molecule has 0 aliphatic carbocycles. The maximum atomic E-state index is 5.56. The van der Waals surface area contributed by atoms with Gasteiger partial charge in [-0.3, -0.25) is 5.43 Å². The van der Waals surface area contributed by atoms with E-state index in [9.17, 15) is 0 Å². The summed E-state index contributed by atoms with van der Waals surface area (Å²) in [5, 5.41) is 4.99. The topological polar surface area (TPSA) is 55.7 Å². The van der Waals surface area contributed by atoms with Gasteiger partial charge < -0.3 is 9.47 Å². The summed E-state index contributed by atoms with van der Waals surface area (Å²) in [6.45, 7) is 6.53. The van der Waals surface area contributed by atoms with Crippen molar-refractivity contribution in [3.05, 3.63) is 32.7 Å². The van der Waals surface area contributed by atoms with Crippen LogP contribution in [0.1, 0.15) is 23.1 Å². The molecule has 7 heteroatoms. The number of hydrazone groups is 1. The fourth-order valence-electron chi connectivity index (χ4n) is 1.78. The summed E-state index contributed by atoms with van der Waals surface area (Å²) in [5.74, 6) is 1.36. The fourth-order valence-corrected chi connectivity index (χ4v) is 3.12. The van der Waals surface area contributed by atoms with Gasteiger partial charge in [0.25, 0.3) is 0 Å². The Kier molecular flexibility index (Phi) is 5.79. The lowest BCUT2D eigenvalue weighted by Gasteiger charge is -2.11. The van der Waals surface area contributed by atoms with E-state index in [0.717, 1.165) is 20.9 Å². The first-order valence-electron chi connectivity index (χ1n) is 6.78. The van der Waals surface area contributed by atoms with Crippen LogP contribution in [0.3, 0.4) is 0 Å². The Labute approximate surface area is 142 Å². The molecule has 2 rings (SSSR count). The second-order valence-corrected chi connectivity index (χ2v) is 6.56. The third kappa shape index (κ3) is 3.98. The summed E-state index contributed by atoms with van der Waals surface area (Å²) in [6.07, 6.45) is 1.72. The van der Waals surface area contributed by atoms with E-state index >= 15 is 0 Å². The zero-order valence-corrected chi connectivity index (χ0v) is 15.3. The van der Waals surface area contributed by atoms with Crippen molar-refractivity contribution in [3.63, 3.8) is 0 Å². The van der Waals surface area contributed by atoms with Crippen LogP contribution in [-0.4, -0.2) is 24.9 Å². The quantitative estimate of drug-likeness (QED) is 0.593. The number of aryl methyl sites for hydroxylation is 2. The van der Waals surface area contributed by atoms with Gasteiger partial charge in [-0.1, -0.05) is 0 Å². The standard InChI is InChI=1S/C15H18BrN3O2S/c1-5-21-14-12(16)6-11(7-13(14)20-4)8-17-19-15-18-9(2)10(3)22-15/h6-8H,5H2,1-4H3,(H,18,19)/b17-8-. The molecule has 0 bridgehead atoms. The van der Waals surface area contributed by atoms with Crippen LogP contribution < -0.4 is 14.9 Å². The second kappa shape index (κ2) is 7.60. The molecule has 0 saturated carbocycles. The lowest BCUT2D eigenvalue weighted by Crippen LogP contribution is -1.98. The van der Waals surface area contributed by atoms with Gasteiger partial charge in [-0.15, -0.1) is 11.3 Å². The van der Waals surface area contributed by atoms with Crippen LogP contribution in [-0.2, 0) is 0 Å². The molecule has 5 nitrogen and oxygen atoms in total. The average molecular weight is 384 g/mol. The minimum atomic E-state index is 0.576. The van der Waals surface area contributed by atoms with E-state index in [4.69, 9.17) is 9.47 Å². The zero-order chi connectivity index (χ0) is 16.1. The molecule has 1 aromatic heterocycles. The zero-order valence-electron chi connectivity index (χ0n) is 12.9. The number of rotatable bonds is 6. The SMILES string of the molecule is CCOc1c(Br)cc(/C=N\Nc2nc(C)c(C)s2)cc1OC. The number of halogens is 1. The van der Waals surface area contributed by atoms with Crippen LogP contribution in [0.5, 0.6) is 11.5 Å². The van der Waals surface area contributed by atoms with E-state index in [2.05, 4.69) is 31.4 Å². The van der Waals surface area contributed by atoms with Gasteiger partial charge in [0.15, 0.2) is 11.5 Å². The number of hydrogen-bond acceptors (Lipinski definition) is 6. The first-order chi connectivity index (χ1) is 10.5. The number of aromatic nitrogens is 1. The smallest absolute Gasteiger partial charge is 0.203 e. The molecule has 0 spiro atoms. The highest BCUT2D eigenvalue weighted by Crippen LogP contribution is 2.36. The lowest BCUT2D eigenvalue weighted by atomic mass is 10.2. The predicted octanol–water partition coefficient (Wildman–Crippen LogP) is 4.38. The molecule has 0 aliphatic rings. The Bertz CT molecular complexity index is 666. The van der Waals surface area contributed by atoms with Crippen molar-refractivity contribution in [2.75, 3.05) is 19.1 Å². The number of ether oxygens (including phenoxy) is 2. The Morgan fingerprint density at radius 2 is 2.18 bits per heavy atom. The summed E-state index contributed by atoms with van der Waals surface area (Å²) in [7, 11) is 1.62. The molecule has 0 unspecified atom stereocenters. The van der Waals surface area contributed by atoms with Gasteiger partial charge in [0.2, 0.25) is 5.13 Å². The van der Waals surface area contributed by atoms with Crippen molar-refractivity contribution in [2.24, 2.45) is 5.10 Å². The van der Waals surface area contributed by atoms with Gasteiger partial charge in [0.1, 0.15) is 0 Å². The maximum Gasteiger partial charge on any atom is 0.203 e. The highest BCUT2D eigenvalue weighted by atomic mass is 79.9. The number of benzene rings is 1. The highest BCUT2D eigenvalue weighted by Gasteiger charge is 2.10. The summed E-state index contributed by atoms with van der Waals surface area (Å²) < 4.78 is 11.7. The third-order valence-electron chi connectivity index (χ3n) is 2.94. The van der Waals surface area contributed by atoms with Crippen molar-refractivity contribution >= 4 is 38.6 Å². The van der Waals surface area contributed by atoms with Gasteiger partial charge >= 0.3 is 0 Å². The molecular formula is C15H18BrN3O2S. The minimum Gasteiger partial charge on any atom is -0.493 e. The number of nitrogens with one attached hydrogen (secondary N) is 1. The fraction of sp³-hybridized carbons (Fsp3) is 0.333. The molecule has 0 saturated heterocycles. The second-order valence-electron chi connectivity index (χ2n) is 4.50. The number of anilines is 1. The van der Waals surface area contributed by atoms with Crippen molar-refractivity contribution < 1.29 is 9.47 Å². The Hall–Kier alpha value is -1.60. The number of nitrogens with zero attached hydrogens (tertiary/aromatic N) is 2. The van der Waals surface area contributed by atoms with Crippen molar-refractivity contribution in [1.82, 2.24) is 4.98 Å². The molecule has 1 aromatic carbocycles. The van der Waals surface area contributed by atoms with Crippen LogP contribution in [0.4, 0.5) is 5.13 Å². The largest absolute Gasteiger partial charge is 0.493 e. The monoisotopic (exact) mass is 383 g/mol. The number of thiazole rings is 1. The van der Waals surface area contributed by atoms with E-state index in [1.807, 2.05) is 32.9 Å². The minimum absolute atomic E-state index is 0.576. The van der Waals surface area contributed by atoms with E-state index in [0.29, 0.717) is 18.1 Å². The Balaban J connectivity index is 2.15. The molecule has 1 N–H and O–H groups in total. The van der Waals surface area contributed by atoms with Crippen LogP contribution in [0.25, 0.3) is 0 Å². The summed E-state index contributed by atoms with van der Waals surface area (Å²) in [6, 6.07) is 3.80. The number of methoxy groups -OCH3 is 1. The van der Waals surface area contributed by atoms with Crippen molar-refractivity contribution in [3.8, 4) is 11.5 Å². The maximum absolute atomic E-state index is 5.56. The summed E-state index contributed by atoms with van der Waals surface area (Å²) in [5.41, 5.74) is 4.86. The summed E-state index contributed by atoms with van der Waals surface area (Å²) >= 11 is 5.07. The van der Waals surface area contributed by atoms with Crippen molar-refractivity contribution in [1.29, 1.82) is 0 Å². The molecule has 22 heavy (non-hydrogen) atoms. The highest BCUT2D eigenvalue weighted by molar-refractivity contribution is 9.10. The van der Waals surface area contributed by atoms with Gasteiger partial charge in [0, 0.05) is 4.88 Å². The summed E-state index contributed by atoms with van der Waals surface area (Å²) in [4.78, 5) is 5.55. The van der Waals surface area contributed by atoms with Gasteiger partial charge in [-0.25, -0.2) is 4.98 Å². The molecule has 118 valence electrons. The van der Waals surface area contributed by atoms with E-state index in [1.165, 1.54) is 4.88 Å². The van der Waals surface area contributed by atoms with E-state index < -0.39 is 0 Å². The van der Waals surface area contributed by atoms with E-state index in [1.54, 1.807) is 24.7 Å². The molecule has 2 aromatic rings.